The number of halogens is 3. The number of benzene rings is 3. The van der Waals surface area contributed by atoms with Gasteiger partial charge in [0.05, 0.1) is 27.9 Å². The molecule has 0 fully saturated rings. The molecule has 2 N–H and O–H groups in total. The molecule has 8 nitrogen and oxygen atoms in total. The number of esters is 1. The molecule has 1 aliphatic rings. The highest BCUT2D eigenvalue weighted by molar-refractivity contribution is 6.53. The fourth-order valence-corrected chi connectivity index (χ4v) is 4.11. The van der Waals surface area contributed by atoms with Gasteiger partial charge in [-0.2, -0.15) is 0 Å². The third-order valence-corrected chi connectivity index (χ3v) is 6.80. The highest BCUT2D eigenvalue weighted by atomic mass is 35.5. The Morgan fingerprint density at radius 2 is 1.46 bits per heavy atom. The van der Waals surface area contributed by atoms with Gasteiger partial charge in [0.1, 0.15) is 10.7 Å². The number of nitrogens with zero attached hydrogens (tertiary/aromatic N) is 1. The molecule has 4 rings (SSSR count). The molecule has 0 atom stereocenters. The number of ether oxygens (including phenoxy) is 1. The topological polar surface area (TPSA) is 105 Å². The summed E-state index contributed by atoms with van der Waals surface area (Å²) < 4.78 is 5.18. The van der Waals surface area contributed by atoms with E-state index in [4.69, 9.17) is 39.5 Å². The lowest BCUT2D eigenvalue weighted by molar-refractivity contribution is -0.120. The van der Waals surface area contributed by atoms with Crippen LogP contribution in [0, 0.1) is 0 Å². The van der Waals surface area contributed by atoms with Crippen LogP contribution < -0.4 is 15.5 Å². The fraction of sp³-hybridized carbons (Fsp3) is 0.143. The number of imide groups is 1. The van der Waals surface area contributed by atoms with Crippen molar-refractivity contribution in [3.63, 3.8) is 0 Å². The van der Waals surface area contributed by atoms with Crippen LogP contribution in [0.5, 0.6) is 0 Å². The fourth-order valence-electron chi connectivity index (χ4n) is 3.60. The molecule has 0 aromatic heterocycles. The first-order valence-electron chi connectivity index (χ1n) is 11.9. The van der Waals surface area contributed by atoms with Crippen molar-refractivity contribution in [1.29, 1.82) is 0 Å². The molecule has 3 aromatic rings. The molecule has 1 heterocycles. The van der Waals surface area contributed by atoms with Crippen molar-refractivity contribution < 1.29 is 23.9 Å². The van der Waals surface area contributed by atoms with Crippen LogP contribution in [0.15, 0.2) is 77.5 Å². The Hall–Kier alpha value is -3.85. The minimum Gasteiger partial charge on any atom is -0.462 e. The van der Waals surface area contributed by atoms with Gasteiger partial charge in [0.15, 0.2) is 0 Å². The van der Waals surface area contributed by atoms with Crippen molar-refractivity contribution in [2.75, 3.05) is 22.1 Å². The quantitative estimate of drug-likeness (QED) is 0.165. The Morgan fingerprint density at radius 3 is 2.10 bits per heavy atom. The zero-order chi connectivity index (χ0) is 28.1. The number of carbonyl (C=O) groups excluding carboxylic acids is 4. The average molecular weight is 587 g/mol. The van der Waals surface area contributed by atoms with Crippen molar-refractivity contribution in [3.8, 4) is 0 Å². The van der Waals surface area contributed by atoms with Gasteiger partial charge in [-0.1, -0.05) is 48.1 Å². The van der Waals surface area contributed by atoms with Crippen molar-refractivity contribution >= 4 is 75.6 Å². The van der Waals surface area contributed by atoms with E-state index in [9.17, 15) is 19.2 Å². The lowest BCUT2D eigenvalue weighted by Gasteiger charge is -2.15. The molecule has 0 saturated carbocycles. The second-order valence-corrected chi connectivity index (χ2v) is 9.65. The van der Waals surface area contributed by atoms with Crippen LogP contribution in [0.2, 0.25) is 10.0 Å². The summed E-state index contributed by atoms with van der Waals surface area (Å²) in [4.78, 5) is 51.2. The van der Waals surface area contributed by atoms with Gasteiger partial charge < -0.3 is 15.4 Å². The summed E-state index contributed by atoms with van der Waals surface area (Å²) in [6, 6.07) is 17.0. The Kier molecular flexibility index (Phi) is 8.91. The predicted molar refractivity (Wildman–Crippen MR) is 151 cm³/mol. The van der Waals surface area contributed by atoms with Crippen LogP contribution >= 0.6 is 34.8 Å². The lowest BCUT2D eigenvalue weighted by Crippen LogP contribution is -2.32. The maximum Gasteiger partial charge on any atom is 0.338 e. The van der Waals surface area contributed by atoms with Gasteiger partial charge in [-0.25, -0.2) is 9.69 Å². The zero-order valence-corrected chi connectivity index (χ0v) is 22.9. The number of nitrogens with one attached hydrogen (secondary N) is 2. The van der Waals surface area contributed by atoms with E-state index in [0.717, 1.165) is 17.7 Å². The molecule has 0 aliphatic carbocycles. The number of carbonyl (C=O) groups is 4. The molecule has 11 heteroatoms. The van der Waals surface area contributed by atoms with E-state index in [2.05, 4.69) is 10.6 Å². The Labute approximate surface area is 239 Å². The standard InChI is InChI=1S/C28H22Cl3N3O5/c1-2-3-14-39-28(38)17-6-10-19(11-7-17)33-25(35)16-4-8-18(9-5-16)32-24-23(31)26(36)34(27(24)37)20-12-13-21(29)22(30)15-20/h4-13,15,32H,2-3,14H2,1H3,(H,33,35). The second-order valence-electron chi connectivity index (χ2n) is 8.46. The van der Waals surface area contributed by atoms with Crippen LogP contribution in [-0.2, 0) is 14.3 Å². The maximum absolute atomic E-state index is 13.0. The molecular formula is C28H22Cl3N3O5. The largest absolute Gasteiger partial charge is 0.462 e. The second kappa shape index (κ2) is 12.3. The summed E-state index contributed by atoms with van der Waals surface area (Å²) in [6.07, 6.45) is 1.72. The SMILES string of the molecule is CCCCOC(=O)c1ccc(NC(=O)c2ccc(NC3=C(Cl)C(=O)N(c4ccc(Cl)c(Cl)c4)C3=O)cc2)cc1. The summed E-state index contributed by atoms with van der Waals surface area (Å²) >= 11 is 18.1. The predicted octanol–water partition coefficient (Wildman–Crippen LogP) is 6.64. The first-order valence-corrected chi connectivity index (χ1v) is 13.0. The number of unbranched alkanes of at least 4 members (excludes halogenated alkanes) is 1. The molecule has 0 radical (unpaired) electrons. The molecule has 0 unspecified atom stereocenters. The summed E-state index contributed by atoms with van der Waals surface area (Å²) in [6.45, 7) is 2.37. The summed E-state index contributed by atoms with van der Waals surface area (Å²) in [7, 11) is 0. The Balaban J connectivity index is 1.39. The van der Waals surface area contributed by atoms with E-state index in [-0.39, 0.29) is 32.4 Å². The van der Waals surface area contributed by atoms with Crippen molar-refractivity contribution in [3.05, 3.63) is 98.6 Å². The van der Waals surface area contributed by atoms with E-state index in [1.54, 1.807) is 48.5 Å². The molecule has 0 saturated heterocycles. The number of hydrogen-bond acceptors (Lipinski definition) is 6. The monoisotopic (exact) mass is 585 g/mol. The van der Waals surface area contributed by atoms with E-state index < -0.39 is 17.8 Å². The zero-order valence-electron chi connectivity index (χ0n) is 20.6. The summed E-state index contributed by atoms with van der Waals surface area (Å²) in [5.41, 5.74) is 1.78. The number of amides is 3. The van der Waals surface area contributed by atoms with Gasteiger partial charge in [0.2, 0.25) is 0 Å². The first kappa shape index (κ1) is 28.2. The number of anilines is 3. The van der Waals surface area contributed by atoms with Crippen LogP contribution in [0.3, 0.4) is 0 Å². The molecule has 3 amide bonds. The first-order chi connectivity index (χ1) is 18.7. The molecular weight excluding hydrogens is 565 g/mol. The summed E-state index contributed by atoms with van der Waals surface area (Å²) in [5, 5.41) is 5.78. The van der Waals surface area contributed by atoms with Crippen LogP contribution in [-0.4, -0.2) is 30.3 Å². The minimum absolute atomic E-state index is 0.113. The van der Waals surface area contributed by atoms with Crippen LogP contribution in [0.4, 0.5) is 17.1 Å². The highest BCUT2D eigenvalue weighted by Crippen LogP contribution is 2.33. The van der Waals surface area contributed by atoms with Crippen LogP contribution in [0.1, 0.15) is 40.5 Å². The van der Waals surface area contributed by atoms with Gasteiger partial charge in [0, 0.05) is 16.9 Å². The van der Waals surface area contributed by atoms with Crippen LogP contribution in [0.25, 0.3) is 0 Å². The lowest BCUT2D eigenvalue weighted by atomic mass is 10.1. The van der Waals surface area contributed by atoms with Gasteiger partial charge in [0.25, 0.3) is 17.7 Å². The maximum atomic E-state index is 13.0. The normalized spacial score (nSPS) is 13.1. The van der Waals surface area contributed by atoms with E-state index in [1.807, 2.05) is 6.92 Å². The summed E-state index contributed by atoms with van der Waals surface area (Å²) in [5.74, 6) is -2.17. The molecule has 0 bridgehead atoms. The molecule has 39 heavy (non-hydrogen) atoms. The van der Waals surface area contributed by atoms with E-state index in [1.165, 1.54) is 18.2 Å². The van der Waals surface area contributed by atoms with Gasteiger partial charge in [-0.05, 0) is 73.2 Å². The minimum atomic E-state index is -0.709. The third kappa shape index (κ3) is 6.42. The van der Waals surface area contributed by atoms with E-state index in [0.29, 0.717) is 29.1 Å². The molecule has 200 valence electrons. The Morgan fingerprint density at radius 1 is 0.821 bits per heavy atom. The van der Waals surface area contributed by atoms with Gasteiger partial charge in [-0.15, -0.1) is 0 Å². The average Bonchev–Trinajstić information content (AvgIpc) is 3.14. The van der Waals surface area contributed by atoms with Crippen molar-refractivity contribution in [2.45, 2.75) is 19.8 Å². The van der Waals surface area contributed by atoms with Gasteiger partial charge >= 0.3 is 5.97 Å². The van der Waals surface area contributed by atoms with E-state index >= 15 is 0 Å². The molecule has 3 aromatic carbocycles. The van der Waals surface area contributed by atoms with Crippen molar-refractivity contribution in [1.82, 2.24) is 0 Å². The Bertz CT molecular complexity index is 1470. The molecule has 1 aliphatic heterocycles. The highest BCUT2D eigenvalue weighted by Gasteiger charge is 2.39. The third-order valence-electron chi connectivity index (χ3n) is 5.71. The number of rotatable bonds is 9. The van der Waals surface area contributed by atoms with Crippen molar-refractivity contribution in [2.24, 2.45) is 0 Å². The van der Waals surface area contributed by atoms with Gasteiger partial charge in [-0.3, -0.25) is 14.4 Å². The molecule has 0 spiro atoms. The smallest absolute Gasteiger partial charge is 0.338 e. The number of hydrogen-bond donors (Lipinski definition) is 2.